The first-order valence-electron chi connectivity index (χ1n) is 7.31. The summed E-state index contributed by atoms with van der Waals surface area (Å²) in [5.74, 6) is -0.595. The molecule has 142 valence electrons. The molecule has 0 radical (unpaired) electrons. The molecule has 1 aliphatic carbocycles. The van der Waals surface area contributed by atoms with E-state index >= 15 is 0 Å². The minimum Gasteiger partial charge on any atom is -0.326 e. The van der Waals surface area contributed by atoms with Crippen molar-refractivity contribution in [2.75, 3.05) is 17.3 Å². The predicted molar refractivity (Wildman–Crippen MR) is 91.2 cm³/mol. The van der Waals surface area contributed by atoms with Crippen LogP contribution in [0.15, 0.2) is 18.2 Å². The molecule has 0 heterocycles. The molecule has 25 heavy (non-hydrogen) atoms. The summed E-state index contributed by atoms with van der Waals surface area (Å²) in [5, 5.41) is 2.42. The third-order valence-corrected chi connectivity index (χ3v) is 5.04. The van der Waals surface area contributed by atoms with E-state index in [0.29, 0.717) is 12.8 Å². The number of hydrogen-bond donors (Lipinski definition) is 2. The van der Waals surface area contributed by atoms with Crippen LogP contribution in [0.3, 0.4) is 0 Å². The number of hydrogen-bond acceptors (Lipinski definition) is 4. The minimum absolute atomic E-state index is 0. The fraction of sp³-hybridized carbons (Fsp3) is 0.533. The van der Waals surface area contributed by atoms with Crippen LogP contribution in [-0.4, -0.2) is 26.3 Å². The molecular formula is C15H20ClF3N2O3S. The van der Waals surface area contributed by atoms with Crippen molar-refractivity contribution in [3.8, 4) is 0 Å². The van der Waals surface area contributed by atoms with Gasteiger partial charge < -0.3 is 11.1 Å². The second kappa shape index (κ2) is 7.51. The highest BCUT2D eigenvalue weighted by Crippen LogP contribution is 2.49. The van der Waals surface area contributed by atoms with Crippen molar-refractivity contribution in [2.24, 2.45) is 11.1 Å². The number of halogens is 4. The van der Waals surface area contributed by atoms with Gasteiger partial charge in [-0.1, -0.05) is 0 Å². The number of anilines is 1. The van der Waals surface area contributed by atoms with Gasteiger partial charge in [0.1, 0.15) is 9.84 Å². The van der Waals surface area contributed by atoms with E-state index < -0.39 is 32.9 Å². The number of benzene rings is 1. The molecule has 1 fully saturated rings. The molecule has 0 spiro atoms. The molecule has 0 aromatic heterocycles. The number of carbonyl (C=O) groups excluding carboxylic acids is 1. The second-order valence-electron chi connectivity index (χ2n) is 6.42. The number of amides is 1. The maximum atomic E-state index is 12.9. The molecule has 0 bridgehead atoms. The summed E-state index contributed by atoms with van der Waals surface area (Å²) in [4.78, 5) is 12.1. The van der Waals surface area contributed by atoms with E-state index in [4.69, 9.17) is 5.73 Å². The van der Waals surface area contributed by atoms with Gasteiger partial charge in [0.2, 0.25) is 5.91 Å². The summed E-state index contributed by atoms with van der Waals surface area (Å²) in [6, 6.07) is 3.15. The van der Waals surface area contributed by atoms with E-state index in [1.165, 1.54) is 6.07 Å². The summed E-state index contributed by atoms with van der Waals surface area (Å²) in [6.45, 7) is -0.0925. The molecular weight excluding hydrogens is 381 g/mol. The summed E-state index contributed by atoms with van der Waals surface area (Å²) in [5.41, 5.74) is 4.17. The van der Waals surface area contributed by atoms with E-state index in [1.807, 2.05) is 0 Å². The van der Waals surface area contributed by atoms with Gasteiger partial charge in [-0.25, -0.2) is 8.42 Å². The van der Waals surface area contributed by atoms with Gasteiger partial charge in [-0.3, -0.25) is 4.79 Å². The lowest BCUT2D eigenvalue weighted by Gasteiger charge is -2.15. The Morgan fingerprint density at radius 2 is 1.88 bits per heavy atom. The molecule has 0 atom stereocenters. The summed E-state index contributed by atoms with van der Waals surface area (Å²) < 4.78 is 61.4. The molecule has 1 aromatic rings. The SMILES string of the molecule is CS(=O)(=O)CC1(CC(=O)Nc2cc(CN)cc(C(F)(F)F)c2)CC1.Cl. The Morgan fingerprint density at radius 1 is 1.28 bits per heavy atom. The monoisotopic (exact) mass is 400 g/mol. The van der Waals surface area contributed by atoms with Crippen LogP contribution in [-0.2, 0) is 27.4 Å². The number of alkyl halides is 3. The van der Waals surface area contributed by atoms with Gasteiger partial charge in [0, 0.05) is 24.9 Å². The van der Waals surface area contributed by atoms with Crippen molar-refractivity contribution < 1.29 is 26.4 Å². The topological polar surface area (TPSA) is 89.3 Å². The molecule has 2 rings (SSSR count). The summed E-state index contributed by atoms with van der Waals surface area (Å²) in [6.07, 6.45) is -2.24. The van der Waals surface area contributed by atoms with E-state index in [2.05, 4.69) is 5.32 Å². The van der Waals surface area contributed by atoms with Crippen LogP contribution in [0.5, 0.6) is 0 Å². The van der Waals surface area contributed by atoms with Crippen molar-refractivity contribution in [1.29, 1.82) is 0 Å². The third kappa shape index (κ3) is 6.48. The Labute approximate surface area is 150 Å². The fourth-order valence-corrected chi connectivity index (χ4v) is 4.20. The third-order valence-electron chi connectivity index (χ3n) is 3.90. The van der Waals surface area contributed by atoms with Crippen molar-refractivity contribution in [1.82, 2.24) is 0 Å². The second-order valence-corrected chi connectivity index (χ2v) is 8.56. The van der Waals surface area contributed by atoms with Crippen molar-refractivity contribution in [3.05, 3.63) is 29.3 Å². The Hall–Kier alpha value is -1.32. The fourth-order valence-electron chi connectivity index (χ4n) is 2.70. The Bertz CT molecular complexity index is 747. The van der Waals surface area contributed by atoms with Gasteiger partial charge in [-0.15, -0.1) is 12.4 Å². The molecule has 1 amide bonds. The number of nitrogens with two attached hydrogens (primary N) is 1. The molecule has 1 aliphatic rings. The largest absolute Gasteiger partial charge is 0.416 e. The molecule has 0 aliphatic heterocycles. The Balaban J connectivity index is 0.00000312. The van der Waals surface area contributed by atoms with Crippen molar-refractivity contribution >= 4 is 33.8 Å². The zero-order valence-electron chi connectivity index (χ0n) is 13.5. The van der Waals surface area contributed by atoms with Gasteiger partial charge in [0.05, 0.1) is 11.3 Å². The summed E-state index contributed by atoms with van der Waals surface area (Å²) in [7, 11) is -3.22. The van der Waals surface area contributed by atoms with Crippen LogP contribution in [0, 0.1) is 5.41 Å². The van der Waals surface area contributed by atoms with Crippen LogP contribution < -0.4 is 11.1 Å². The highest BCUT2D eigenvalue weighted by atomic mass is 35.5. The average molecular weight is 401 g/mol. The van der Waals surface area contributed by atoms with Crippen LogP contribution in [0.25, 0.3) is 0 Å². The van der Waals surface area contributed by atoms with Crippen LogP contribution in [0.1, 0.15) is 30.4 Å². The zero-order valence-corrected chi connectivity index (χ0v) is 15.2. The van der Waals surface area contributed by atoms with Crippen molar-refractivity contribution in [2.45, 2.75) is 32.0 Å². The first-order chi connectivity index (χ1) is 10.9. The van der Waals surface area contributed by atoms with Crippen LogP contribution in [0.2, 0.25) is 0 Å². The molecule has 5 nitrogen and oxygen atoms in total. The molecule has 0 unspecified atom stereocenters. The maximum absolute atomic E-state index is 12.9. The molecule has 1 saturated carbocycles. The molecule has 10 heteroatoms. The number of sulfone groups is 1. The van der Waals surface area contributed by atoms with Crippen molar-refractivity contribution in [3.63, 3.8) is 0 Å². The average Bonchev–Trinajstić information content (AvgIpc) is 3.13. The Kier molecular flexibility index (Phi) is 6.52. The van der Waals surface area contributed by atoms with Gasteiger partial charge in [0.15, 0.2) is 0 Å². The standard InChI is InChI=1S/C15H19F3N2O3S.ClH/c1-24(22,23)9-14(2-3-14)7-13(21)20-12-5-10(8-19)4-11(6-12)15(16,17)18;/h4-6H,2-3,7-9,19H2,1H3,(H,20,21);1H. The lowest BCUT2D eigenvalue weighted by atomic mass is 10.0. The quantitative estimate of drug-likeness (QED) is 0.768. The van der Waals surface area contributed by atoms with E-state index in [0.717, 1.165) is 18.4 Å². The van der Waals surface area contributed by atoms with E-state index in [9.17, 15) is 26.4 Å². The maximum Gasteiger partial charge on any atom is 0.416 e. The normalized spacial score (nSPS) is 16.0. The minimum atomic E-state index is -4.54. The van der Waals surface area contributed by atoms with Gasteiger partial charge in [0.25, 0.3) is 0 Å². The highest BCUT2D eigenvalue weighted by Gasteiger charge is 2.46. The first-order valence-corrected chi connectivity index (χ1v) is 9.37. The zero-order chi connectivity index (χ0) is 18.2. The van der Waals surface area contributed by atoms with E-state index in [1.54, 1.807) is 0 Å². The smallest absolute Gasteiger partial charge is 0.326 e. The molecule has 3 N–H and O–H groups in total. The number of nitrogens with one attached hydrogen (secondary N) is 1. The molecule has 0 saturated heterocycles. The molecule has 1 aromatic carbocycles. The number of carbonyl (C=O) groups is 1. The van der Waals surface area contributed by atoms with Gasteiger partial charge in [-0.2, -0.15) is 13.2 Å². The van der Waals surface area contributed by atoms with Gasteiger partial charge >= 0.3 is 6.18 Å². The predicted octanol–water partition coefficient (Wildman–Crippen LogP) is 2.74. The van der Waals surface area contributed by atoms with Gasteiger partial charge in [-0.05, 0) is 42.0 Å². The highest BCUT2D eigenvalue weighted by molar-refractivity contribution is 7.90. The van der Waals surface area contributed by atoms with E-state index in [-0.39, 0.29) is 42.4 Å². The Morgan fingerprint density at radius 3 is 2.32 bits per heavy atom. The summed E-state index contributed by atoms with van der Waals surface area (Å²) >= 11 is 0. The lowest BCUT2D eigenvalue weighted by molar-refractivity contribution is -0.137. The van der Waals surface area contributed by atoms with Crippen LogP contribution >= 0.6 is 12.4 Å². The number of rotatable bonds is 6. The first kappa shape index (κ1) is 21.7. The lowest BCUT2D eigenvalue weighted by Crippen LogP contribution is -2.23. The van der Waals surface area contributed by atoms with Crippen LogP contribution in [0.4, 0.5) is 18.9 Å².